The fourth-order valence-electron chi connectivity index (χ4n) is 2.47. The van der Waals surface area contributed by atoms with E-state index in [1.807, 2.05) is 12.1 Å². The third-order valence-electron chi connectivity index (χ3n) is 3.41. The highest BCUT2D eigenvalue weighted by atomic mass is 16.1. The lowest BCUT2D eigenvalue weighted by molar-refractivity contribution is -0.118. The summed E-state index contributed by atoms with van der Waals surface area (Å²) >= 11 is 0. The number of Topliss-reactive ketones (excluding diaryl/α,β-unsaturated/α-hetero) is 1. The minimum atomic E-state index is -0.0356. The quantitative estimate of drug-likeness (QED) is 0.817. The number of aromatic nitrogens is 1. The van der Waals surface area contributed by atoms with Crippen molar-refractivity contribution in [3.63, 3.8) is 0 Å². The summed E-state index contributed by atoms with van der Waals surface area (Å²) in [7, 11) is 0. The van der Waals surface area contributed by atoms with Crippen molar-refractivity contribution < 1.29 is 9.59 Å². The minimum Gasteiger partial charge on any atom is -0.359 e. The van der Waals surface area contributed by atoms with E-state index in [1.165, 1.54) is 0 Å². The maximum absolute atomic E-state index is 12.3. The van der Waals surface area contributed by atoms with Crippen LogP contribution < -0.4 is 0 Å². The van der Waals surface area contributed by atoms with Crippen LogP contribution in [0.5, 0.6) is 0 Å². The molecule has 1 aromatic heterocycles. The fourth-order valence-corrected chi connectivity index (χ4v) is 2.47. The molecule has 3 heteroatoms. The molecule has 1 N–H and O–H groups in total. The Morgan fingerprint density at radius 2 is 2.00 bits per heavy atom. The molecule has 18 heavy (non-hydrogen) atoms. The maximum atomic E-state index is 12.3. The number of nitrogens with one attached hydrogen (secondary N) is 1. The number of aromatic amines is 1. The SMILES string of the molecule is O=C1CCc2cccc(C(=O)c3ccc[nH]3)c2C1. The normalized spacial score (nSPS) is 14.3. The van der Waals surface area contributed by atoms with Crippen molar-refractivity contribution in [2.45, 2.75) is 19.3 Å². The van der Waals surface area contributed by atoms with Gasteiger partial charge >= 0.3 is 0 Å². The zero-order chi connectivity index (χ0) is 12.5. The number of fused-ring (bicyclic) bond motifs is 1. The van der Waals surface area contributed by atoms with Crippen LogP contribution in [0.2, 0.25) is 0 Å². The molecule has 0 unspecified atom stereocenters. The van der Waals surface area contributed by atoms with E-state index in [0.29, 0.717) is 24.1 Å². The van der Waals surface area contributed by atoms with Crippen LogP contribution in [0.3, 0.4) is 0 Å². The molecule has 2 aromatic rings. The first kappa shape index (κ1) is 11.0. The zero-order valence-electron chi connectivity index (χ0n) is 9.90. The molecule has 0 spiro atoms. The summed E-state index contributed by atoms with van der Waals surface area (Å²) in [6, 6.07) is 9.26. The van der Waals surface area contributed by atoms with E-state index in [-0.39, 0.29) is 11.6 Å². The lowest BCUT2D eigenvalue weighted by Crippen LogP contribution is -2.17. The second-order valence-electron chi connectivity index (χ2n) is 4.57. The van der Waals surface area contributed by atoms with Crippen molar-refractivity contribution in [2.24, 2.45) is 0 Å². The number of carbonyl (C=O) groups excluding carboxylic acids is 2. The van der Waals surface area contributed by atoms with Gasteiger partial charge < -0.3 is 4.98 Å². The van der Waals surface area contributed by atoms with Gasteiger partial charge in [-0.1, -0.05) is 18.2 Å². The number of rotatable bonds is 2. The van der Waals surface area contributed by atoms with Crippen LogP contribution in [0, 0.1) is 0 Å². The van der Waals surface area contributed by atoms with Crippen LogP contribution in [0.15, 0.2) is 36.5 Å². The number of benzene rings is 1. The molecule has 0 amide bonds. The van der Waals surface area contributed by atoms with Gasteiger partial charge in [0.15, 0.2) is 0 Å². The maximum Gasteiger partial charge on any atom is 0.209 e. The van der Waals surface area contributed by atoms with E-state index in [9.17, 15) is 9.59 Å². The Labute approximate surface area is 105 Å². The molecule has 0 radical (unpaired) electrons. The molecule has 1 aliphatic carbocycles. The molecule has 3 rings (SSSR count). The Balaban J connectivity index is 2.08. The molecule has 0 bridgehead atoms. The van der Waals surface area contributed by atoms with Gasteiger partial charge in [-0.3, -0.25) is 9.59 Å². The van der Waals surface area contributed by atoms with E-state index in [0.717, 1.165) is 17.5 Å². The fraction of sp³-hybridized carbons (Fsp3) is 0.200. The third kappa shape index (κ3) is 1.78. The predicted octanol–water partition coefficient (Wildman–Crippen LogP) is 2.30. The first-order valence-corrected chi connectivity index (χ1v) is 6.06. The van der Waals surface area contributed by atoms with Gasteiger partial charge in [-0.2, -0.15) is 0 Å². The molecule has 1 heterocycles. The van der Waals surface area contributed by atoms with Crippen LogP contribution in [-0.2, 0) is 17.6 Å². The first-order valence-electron chi connectivity index (χ1n) is 6.06. The van der Waals surface area contributed by atoms with Crippen LogP contribution in [0.1, 0.15) is 33.6 Å². The second kappa shape index (κ2) is 4.26. The van der Waals surface area contributed by atoms with E-state index >= 15 is 0 Å². The van der Waals surface area contributed by atoms with Crippen molar-refractivity contribution >= 4 is 11.6 Å². The second-order valence-corrected chi connectivity index (χ2v) is 4.57. The summed E-state index contributed by atoms with van der Waals surface area (Å²) in [5.41, 5.74) is 3.27. The Kier molecular flexibility index (Phi) is 2.59. The number of H-pyrrole nitrogens is 1. The lowest BCUT2D eigenvalue weighted by atomic mass is 9.86. The smallest absolute Gasteiger partial charge is 0.209 e. The average Bonchev–Trinajstić information content (AvgIpc) is 2.91. The van der Waals surface area contributed by atoms with E-state index < -0.39 is 0 Å². The monoisotopic (exact) mass is 239 g/mol. The van der Waals surface area contributed by atoms with Crippen LogP contribution in [0.25, 0.3) is 0 Å². The van der Waals surface area contributed by atoms with Crippen molar-refractivity contribution in [1.29, 1.82) is 0 Å². The molecule has 0 saturated carbocycles. The third-order valence-corrected chi connectivity index (χ3v) is 3.41. The number of hydrogen-bond donors (Lipinski definition) is 1. The first-order chi connectivity index (χ1) is 8.75. The summed E-state index contributed by atoms with van der Waals surface area (Å²) in [5, 5.41) is 0. The van der Waals surface area contributed by atoms with Gasteiger partial charge in [-0.05, 0) is 29.7 Å². The molecule has 1 aliphatic rings. The molecular weight excluding hydrogens is 226 g/mol. The Morgan fingerprint density at radius 3 is 2.78 bits per heavy atom. The van der Waals surface area contributed by atoms with Gasteiger partial charge in [0.25, 0.3) is 0 Å². The molecule has 90 valence electrons. The molecular formula is C15H13NO2. The lowest BCUT2D eigenvalue weighted by Gasteiger charge is -2.17. The van der Waals surface area contributed by atoms with E-state index in [1.54, 1.807) is 24.4 Å². The molecule has 0 fully saturated rings. The van der Waals surface area contributed by atoms with Gasteiger partial charge in [0.2, 0.25) is 5.78 Å². The van der Waals surface area contributed by atoms with Crippen LogP contribution in [-0.4, -0.2) is 16.6 Å². The number of ketones is 2. The molecule has 3 nitrogen and oxygen atoms in total. The van der Waals surface area contributed by atoms with Crippen molar-refractivity contribution in [2.75, 3.05) is 0 Å². The highest BCUT2D eigenvalue weighted by Gasteiger charge is 2.22. The van der Waals surface area contributed by atoms with Gasteiger partial charge in [-0.25, -0.2) is 0 Å². The molecule has 1 aromatic carbocycles. The number of aryl methyl sites for hydroxylation is 1. The van der Waals surface area contributed by atoms with Crippen molar-refractivity contribution in [3.05, 3.63) is 58.9 Å². The molecule has 0 aliphatic heterocycles. The van der Waals surface area contributed by atoms with Gasteiger partial charge in [0.1, 0.15) is 5.78 Å². The largest absolute Gasteiger partial charge is 0.359 e. The van der Waals surface area contributed by atoms with E-state index in [4.69, 9.17) is 0 Å². The highest BCUT2D eigenvalue weighted by molar-refractivity contribution is 6.09. The standard InChI is InChI=1S/C15H13NO2/c17-11-7-6-10-3-1-4-12(13(10)9-11)15(18)14-5-2-8-16-14/h1-5,8,16H,6-7,9H2. The Morgan fingerprint density at radius 1 is 1.11 bits per heavy atom. The zero-order valence-corrected chi connectivity index (χ0v) is 9.90. The average molecular weight is 239 g/mol. The number of carbonyl (C=O) groups is 2. The Hall–Kier alpha value is -2.16. The van der Waals surface area contributed by atoms with Gasteiger partial charge in [0.05, 0.1) is 5.69 Å². The summed E-state index contributed by atoms with van der Waals surface area (Å²) in [6.07, 6.45) is 3.46. The summed E-state index contributed by atoms with van der Waals surface area (Å²) in [6.45, 7) is 0. The highest BCUT2D eigenvalue weighted by Crippen LogP contribution is 2.24. The van der Waals surface area contributed by atoms with E-state index in [2.05, 4.69) is 4.98 Å². The van der Waals surface area contributed by atoms with Crippen LogP contribution in [0.4, 0.5) is 0 Å². The summed E-state index contributed by atoms with van der Waals surface area (Å²) in [5.74, 6) is 0.181. The predicted molar refractivity (Wildman–Crippen MR) is 67.7 cm³/mol. The number of hydrogen-bond acceptors (Lipinski definition) is 2. The minimum absolute atomic E-state index is 0.0356. The van der Waals surface area contributed by atoms with Crippen LogP contribution >= 0.6 is 0 Å². The Bertz CT molecular complexity index is 611. The topological polar surface area (TPSA) is 49.9 Å². The van der Waals surface area contributed by atoms with Gasteiger partial charge in [-0.15, -0.1) is 0 Å². The summed E-state index contributed by atoms with van der Waals surface area (Å²) < 4.78 is 0. The molecule has 0 atom stereocenters. The summed E-state index contributed by atoms with van der Waals surface area (Å²) in [4.78, 5) is 26.8. The molecule has 0 saturated heterocycles. The van der Waals surface area contributed by atoms with Crippen molar-refractivity contribution in [3.8, 4) is 0 Å². The van der Waals surface area contributed by atoms with Gasteiger partial charge in [0, 0.05) is 24.6 Å². The van der Waals surface area contributed by atoms with Crippen molar-refractivity contribution in [1.82, 2.24) is 4.98 Å².